The molecule has 0 unspecified atom stereocenters. The van der Waals surface area contributed by atoms with Gasteiger partial charge in [-0.15, -0.1) is 0 Å². The zero-order chi connectivity index (χ0) is 18.7. The Kier molecular flexibility index (Phi) is 5.92. The molecule has 138 valence electrons. The van der Waals surface area contributed by atoms with Crippen LogP contribution in [0.1, 0.15) is 25.0 Å². The highest BCUT2D eigenvalue weighted by atomic mass is 32.2. The number of benzene rings is 2. The zero-order valence-corrected chi connectivity index (χ0v) is 17.0. The van der Waals surface area contributed by atoms with Gasteiger partial charge in [0.1, 0.15) is 0 Å². The molecule has 1 amide bonds. The van der Waals surface area contributed by atoms with Crippen molar-refractivity contribution in [2.75, 3.05) is 31.1 Å². The number of para-hydroxylation sites is 1. The van der Waals surface area contributed by atoms with Crippen molar-refractivity contribution in [2.24, 2.45) is 5.92 Å². The number of piperazine rings is 1. The summed E-state index contributed by atoms with van der Waals surface area (Å²) in [6.07, 6.45) is 0. The molecular formula is C22H28N2OS. The van der Waals surface area contributed by atoms with Crippen LogP contribution in [0.3, 0.4) is 0 Å². The second-order valence-electron chi connectivity index (χ2n) is 7.31. The van der Waals surface area contributed by atoms with Crippen LogP contribution in [-0.2, 0) is 4.79 Å². The molecule has 26 heavy (non-hydrogen) atoms. The summed E-state index contributed by atoms with van der Waals surface area (Å²) in [4.78, 5) is 19.2. The maximum atomic E-state index is 12.2. The predicted molar refractivity (Wildman–Crippen MR) is 110 cm³/mol. The Balaban J connectivity index is 1.75. The Morgan fingerprint density at radius 3 is 2.31 bits per heavy atom. The highest BCUT2D eigenvalue weighted by Crippen LogP contribution is 2.37. The van der Waals surface area contributed by atoms with E-state index in [2.05, 4.69) is 61.2 Å². The minimum absolute atomic E-state index is 0.0777. The lowest BCUT2D eigenvalue weighted by Crippen LogP contribution is -2.50. The van der Waals surface area contributed by atoms with E-state index in [1.54, 1.807) is 0 Å². The fourth-order valence-corrected chi connectivity index (χ4v) is 4.41. The molecule has 1 fully saturated rings. The van der Waals surface area contributed by atoms with E-state index in [-0.39, 0.29) is 11.8 Å². The van der Waals surface area contributed by atoms with Crippen molar-refractivity contribution in [1.82, 2.24) is 4.90 Å². The summed E-state index contributed by atoms with van der Waals surface area (Å²) in [6.45, 7) is 11.7. The third-order valence-electron chi connectivity index (χ3n) is 4.84. The van der Waals surface area contributed by atoms with Crippen molar-refractivity contribution in [3.8, 4) is 0 Å². The molecule has 1 aliphatic rings. The Morgan fingerprint density at radius 2 is 1.65 bits per heavy atom. The van der Waals surface area contributed by atoms with Crippen LogP contribution in [0.15, 0.2) is 52.3 Å². The molecule has 0 aliphatic carbocycles. The maximum absolute atomic E-state index is 12.2. The van der Waals surface area contributed by atoms with Crippen LogP contribution in [0.5, 0.6) is 0 Å². The molecule has 2 aromatic carbocycles. The van der Waals surface area contributed by atoms with Crippen LogP contribution in [0.2, 0.25) is 0 Å². The van der Waals surface area contributed by atoms with Crippen LogP contribution in [0, 0.1) is 19.8 Å². The number of hydrogen-bond acceptors (Lipinski definition) is 3. The van der Waals surface area contributed by atoms with E-state index in [9.17, 15) is 4.79 Å². The van der Waals surface area contributed by atoms with Crippen molar-refractivity contribution in [2.45, 2.75) is 37.5 Å². The van der Waals surface area contributed by atoms with Gasteiger partial charge in [-0.1, -0.05) is 55.4 Å². The smallest absolute Gasteiger partial charge is 0.225 e. The number of amides is 1. The molecular weight excluding hydrogens is 340 g/mol. The normalized spacial score (nSPS) is 14.8. The molecule has 0 radical (unpaired) electrons. The summed E-state index contributed by atoms with van der Waals surface area (Å²) in [7, 11) is 0. The lowest BCUT2D eigenvalue weighted by Gasteiger charge is -2.37. The molecule has 1 heterocycles. The van der Waals surface area contributed by atoms with Crippen LogP contribution in [0.4, 0.5) is 5.69 Å². The largest absolute Gasteiger partial charge is 0.367 e. The summed E-state index contributed by atoms with van der Waals surface area (Å²) < 4.78 is 0. The van der Waals surface area contributed by atoms with Crippen LogP contribution >= 0.6 is 11.8 Å². The van der Waals surface area contributed by atoms with Gasteiger partial charge in [0, 0.05) is 41.9 Å². The first-order valence-corrected chi connectivity index (χ1v) is 10.1. The van der Waals surface area contributed by atoms with Gasteiger partial charge in [-0.05, 0) is 37.6 Å². The molecule has 1 aliphatic heterocycles. The number of nitrogens with zero attached hydrogens (tertiary/aromatic N) is 2. The monoisotopic (exact) mass is 368 g/mol. The first kappa shape index (κ1) is 18.8. The Hall–Kier alpha value is -1.94. The lowest BCUT2D eigenvalue weighted by atomic mass is 10.1. The highest BCUT2D eigenvalue weighted by Gasteiger charge is 2.24. The van der Waals surface area contributed by atoms with Gasteiger partial charge in [0.05, 0.1) is 5.69 Å². The Labute approximate surface area is 161 Å². The van der Waals surface area contributed by atoms with Crippen molar-refractivity contribution < 1.29 is 4.79 Å². The average Bonchev–Trinajstić information content (AvgIpc) is 2.64. The number of carbonyl (C=O) groups is 1. The fourth-order valence-electron chi connectivity index (χ4n) is 3.37. The number of anilines is 1. The van der Waals surface area contributed by atoms with Gasteiger partial charge in [0.25, 0.3) is 0 Å². The van der Waals surface area contributed by atoms with E-state index in [4.69, 9.17) is 0 Å². The van der Waals surface area contributed by atoms with Gasteiger partial charge in [-0.25, -0.2) is 0 Å². The van der Waals surface area contributed by atoms with Crippen molar-refractivity contribution in [3.05, 3.63) is 53.6 Å². The number of hydrogen-bond donors (Lipinski definition) is 0. The fraction of sp³-hybridized carbons (Fsp3) is 0.409. The van der Waals surface area contributed by atoms with Gasteiger partial charge in [-0.2, -0.15) is 0 Å². The summed E-state index contributed by atoms with van der Waals surface area (Å²) >= 11 is 1.83. The third kappa shape index (κ3) is 4.24. The number of aryl methyl sites for hydroxylation is 2. The van der Waals surface area contributed by atoms with Gasteiger partial charge in [0.15, 0.2) is 0 Å². The Morgan fingerprint density at radius 1 is 0.962 bits per heavy atom. The van der Waals surface area contributed by atoms with E-state index in [0.29, 0.717) is 0 Å². The van der Waals surface area contributed by atoms with Crippen LogP contribution in [-0.4, -0.2) is 37.0 Å². The summed E-state index contributed by atoms with van der Waals surface area (Å²) in [6, 6.07) is 15.2. The minimum atomic E-state index is 0.0777. The molecule has 3 nitrogen and oxygen atoms in total. The van der Waals surface area contributed by atoms with Crippen LogP contribution in [0.25, 0.3) is 0 Å². The van der Waals surface area contributed by atoms with E-state index >= 15 is 0 Å². The molecule has 0 atom stereocenters. The quantitative estimate of drug-likeness (QED) is 0.777. The summed E-state index contributed by atoms with van der Waals surface area (Å²) in [5.41, 5.74) is 3.89. The van der Waals surface area contributed by atoms with Crippen LogP contribution < -0.4 is 4.90 Å². The minimum Gasteiger partial charge on any atom is -0.367 e. The molecule has 0 saturated carbocycles. The van der Waals surface area contributed by atoms with Crippen molar-refractivity contribution in [1.29, 1.82) is 0 Å². The van der Waals surface area contributed by atoms with E-state index in [1.165, 1.54) is 26.6 Å². The van der Waals surface area contributed by atoms with E-state index in [1.807, 2.05) is 30.5 Å². The molecule has 0 spiro atoms. The molecule has 3 rings (SSSR count). The highest BCUT2D eigenvalue weighted by molar-refractivity contribution is 7.99. The maximum Gasteiger partial charge on any atom is 0.225 e. The number of carbonyl (C=O) groups excluding carboxylic acids is 1. The third-order valence-corrected chi connectivity index (χ3v) is 6.08. The second-order valence-corrected chi connectivity index (χ2v) is 8.39. The second kappa shape index (κ2) is 8.17. The average molecular weight is 369 g/mol. The standard InChI is InChI=1S/C22H28N2OS/c1-16(2)22(25)24-13-11-23(12-14-24)19-7-5-6-8-21(19)26-20-10-9-17(3)15-18(20)4/h5-10,15-16H,11-14H2,1-4H3. The van der Waals surface area contributed by atoms with E-state index < -0.39 is 0 Å². The molecule has 2 aromatic rings. The van der Waals surface area contributed by atoms with Gasteiger partial charge < -0.3 is 9.80 Å². The molecule has 0 N–H and O–H groups in total. The SMILES string of the molecule is Cc1ccc(Sc2ccccc2N2CCN(C(=O)C(C)C)CC2)c(C)c1. The summed E-state index contributed by atoms with van der Waals surface area (Å²) in [5.74, 6) is 0.344. The molecule has 4 heteroatoms. The Bertz CT molecular complexity index is 779. The molecule has 1 saturated heterocycles. The van der Waals surface area contributed by atoms with Gasteiger partial charge in [0.2, 0.25) is 5.91 Å². The predicted octanol–water partition coefficient (Wildman–Crippen LogP) is 4.76. The molecule has 0 aromatic heterocycles. The summed E-state index contributed by atoms with van der Waals surface area (Å²) in [5, 5.41) is 0. The lowest BCUT2D eigenvalue weighted by molar-refractivity contribution is -0.134. The first-order valence-electron chi connectivity index (χ1n) is 9.33. The van der Waals surface area contributed by atoms with E-state index in [0.717, 1.165) is 26.2 Å². The topological polar surface area (TPSA) is 23.6 Å². The molecule has 0 bridgehead atoms. The first-order chi connectivity index (χ1) is 12.5. The number of rotatable bonds is 4. The van der Waals surface area contributed by atoms with Crippen molar-refractivity contribution >= 4 is 23.4 Å². The zero-order valence-electron chi connectivity index (χ0n) is 16.2. The van der Waals surface area contributed by atoms with Crippen molar-refractivity contribution in [3.63, 3.8) is 0 Å². The van der Waals surface area contributed by atoms with Gasteiger partial charge in [-0.3, -0.25) is 4.79 Å². The van der Waals surface area contributed by atoms with Gasteiger partial charge >= 0.3 is 0 Å².